The number of hydrogen-bond acceptors (Lipinski definition) is 3. The van der Waals surface area contributed by atoms with Crippen molar-refractivity contribution in [2.75, 3.05) is 0 Å². The van der Waals surface area contributed by atoms with E-state index in [0.29, 0.717) is 0 Å². The van der Waals surface area contributed by atoms with Gasteiger partial charge in [-0.05, 0) is 5.80 Å². The van der Waals surface area contributed by atoms with Gasteiger partial charge in [-0.1, -0.05) is 0 Å². The van der Waals surface area contributed by atoms with Crippen molar-refractivity contribution in [3.05, 3.63) is 11.9 Å². The van der Waals surface area contributed by atoms with Crippen LogP contribution in [0.25, 0.3) is 0 Å². The Labute approximate surface area is 42.2 Å². The van der Waals surface area contributed by atoms with Crippen LogP contribution in [0.3, 0.4) is 0 Å². The van der Waals surface area contributed by atoms with Gasteiger partial charge in [0, 0.05) is 6.07 Å². The third-order valence-corrected chi connectivity index (χ3v) is 0.964. The van der Waals surface area contributed by atoms with E-state index in [9.17, 15) is 0 Å². The molecule has 0 saturated carbocycles. The summed E-state index contributed by atoms with van der Waals surface area (Å²) < 4.78 is 0. The minimum absolute atomic E-state index is 0.0150. The van der Waals surface area contributed by atoms with Crippen LogP contribution in [0.4, 0.5) is 0 Å². The first-order chi connectivity index (χ1) is 3.39. The fraction of sp³-hybridized carbons (Fsp3) is 0. The average molecular weight is 114 g/mol. The molecule has 1 N–H and O–H groups in total. The van der Waals surface area contributed by atoms with E-state index in [4.69, 9.17) is 5.11 Å². The van der Waals surface area contributed by atoms with Crippen LogP contribution >= 0.6 is 8.35 Å². The Morgan fingerprint density at radius 3 is 2.86 bits per heavy atom. The van der Waals surface area contributed by atoms with Gasteiger partial charge >= 0.3 is 0 Å². The molecule has 0 radical (unpaired) electrons. The molecule has 1 aromatic heterocycles. The standard InChI is InChI=1S/C3H3N2OP/c6-3-1-2-7-5-4-3/h1-2H,(H,4,6). The van der Waals surface area contributed by atoms with Gasteiger partial charge in [-0.3, -0.25) is 0 Å². The van der Waals surface area contributed by atoms with Gasteiger partial charge in [0.15, 0.2) is 0 Å². The Morgan fingerprint density at radius 2 is 2.57 bits per heavy atom. The summed E-state index contributed by atoms with van der Waals surface area (Å²) in [6.07, 6.45) is 0. The summed E-state index contributed by atoms with van der Waals surface area (Å²) in [5.74, 6) is 1.70. The molecule has 0 bridgehead atoms. The van der Waals surface area contributed by atoms with Crippen LogP contribution in [0.5, 0.6) is 5.88 Å². The molecule has 0 fully saturated rings. The Bertz CT molecular complexity index is 143. The lowest BCUT2D eigenvalue weighted by atomic mass is 10.7. The lowest BCUT2D eigenvalue weighted by molar-refractivity contribution is 0.448. The Hall–Kier alpha value is -0.690. The molecule has 1 rings (SSSR count). The van der Waals surface area contributed by atoms with Crippen molar-refractivity contribution in [3.8, 4) is 5.88 Å². The van der Waals surface area contributed by atoms with Gasteiger partial charge in [-0.15, -0.1) is 9.96 Å². The highest BCUT2D eigenvalue weighted by Crippen LogP contribution is 2.01. The maximum Gasteiger partial charge on any atom is 0.231 e. The summed E-state index contributed by atoms with van der Waals surface area (Å²) in [7, 11) is 0.790. The number of nitrogens with zero attached hydrogens (tertiary/aromatic N) is 2. The van der Waals surface area contributed by atoms with Crippen LogP contribution in [0.1, 0.15) is 0 Å². The van der Waals surface area contributed by atoms with Gasteiger partial charge in [0.1, 0.15) is 0 Å². The molecule has 4 heteroatoms. The SMILES string of the molecule is Oc1ccpnn1. The van der Waals surface area contributed by atoms with Crippen LogP contribution in [-0.4, -0.2) is 15.1 Å². The second-order valence-corrected chi connectivity index (χ2v) is 1.69. The molecular formula is C3H3N2OP. The zero-order chi connectivity index (χ0) is 5.11. The molecule has 0 spiro atoms. The molecular weight excluding hydrogens is 111 g/mol. The molecule has 3 nitrogen and oxygen atoms in total. The third-order valence-electron chi connectivity index (χ3n) is 0.489. The quantitative estimate of drug-likeness (QED) is 0.541. The Morgan fingerprint density at radius 1 is 1.71 bits per heavy atom. The molecule has 0 aliphatic carbocycles. The van der Waals surface area contributed by atoms with E-state index in [1.807, 2.05) is 0 Å². The Kier molecular flexibility index (Phi) is 1.18. The fourth-order valence-corrected chi connectivity index (χ4v) is 0.638. The van der Waals surface area contributed by atoms with Crippen LogP contribution in [0.15, 0.2) is 11.9 Å². The Balaban J connectivity index is 3.02. The highest BCUT2D eigenvalue weighted by atomic mass is 31.0. The lowest BCUT2D eigenvalue weighted by Gasteiger charge is -1.79. The number of aromatic nitrogens is 2. The van der Waals surface area contributed by atoms with Crippen molar-refractivity contribution in [2.45, 2.75) is 0 Å². The first-order valence-corrected chi connectivity index (χ1v) is 2.64. The van der Waals surface area contributed by atoms with Gasteiger partial charge in [0.25, 0.3) is 0 Å². The topological polar surface area (TPSA) is 46.0 Å². The zero-order valence-electron chi connectivity index (χ0n) is 3.44. The van der Waals surface area contributed by atoms with E-state index in [1.165, 1.54) is 6.07 Å². The van der Waals surface area contributed by atoms with Gasteiger partial charge < -0.3 is 5.11 Å². The number of rotatable bonds is 0. The molecule has 0 aliphatic rings. The van der Waals surface area contributed by atoms with Crippen LogP contribution in [0.2, 0.25) is 0 Å². The predicted molar refractivity (Wildman–Crippen MR) is 26.2 cm³/mol. The number of aromatic hydroxyl groups is 1. The molecule has 36 valence electrons. The van der Waals surface area contributed by atoms with Gasteiger partial charge in [-0.25, -0.2) is 0 Å². The minimum Gasteiger partial charge on any atom is -0.492 e. The van der Waals surface area contributed by atoms with E-state index >= 15 is 0 Å². The molecule has 7 heavy (non-hydrogen) atoms. The summed E-state index contributed by atoms with van der Waals surface area (Å²) in [6.45, 7) is 0. The highest BCUT2D eigenvalue weighted by Gasteiger charge is 1.78. The van der Waals surface area contributed by atoms with Crippen LogP contribution < -0.4 is 0 Å². The van der Waals surface area contributed by atoms with Crippen molar-refractivity contribution < 1.29 is 5.11 Å². The molecule has 0 atom stereocenters. The molecule has 0 saturated heterocycles. The van der Waals surface area contributed by atoms with Crippen LogP contribution in [-0.2, 0) is 0 Å². The molecule has 0 aliphatic heterocycles. The normalized spacial score (nSPS) is 9.71. The largest absolute Gasteiger partial charge is 0.492 e. The molecule has 1 heterocycles. The summed E-state index contributed by atoms with van der Waals surface area (Å²) in [6, 6.07) is 1.51. The smallest absolute Gasteiger partial charge is 0.231 e. The minimum atomic E-state index is -0.0150. The number of hydrogen-bond donors (Lipinski definition) is 1. The van der Waals surface area contributed by atoms with Crippen molar-refractivity contribution in [1.29, 1.82) is 0 Å². The summed E-state index contributed by atoms with van der Waals surface area (Å²) in [5.41, 5.74) is 0. The van der Waals surface area contributed by atoms with E-state index in [1.54, 1.807) is 5.80 Å². The van der Waals surface area contributed by atoms with Crippen molar-refractivity contribution in [3.63, 3.8) is 0 Å². The predicted octanol–water partition coefficient (Wildman–Crippen LogP) is 0.762. The first kappa shape index (κ1) is 4.47. The van der Waals surface area contributed by atoms with Crippen molar-refractivity contribution in [1.82, 2.24) is 9.96 Å². The summed E-state index contributed by atoms with van der Waals surface area (Å²) >= 11 is 0. The van der Waals surface area contributed by atoms with Gasteiger partial charge in [0.2, 0.25) is 5.88 Å². The van der Waals surface area contributed by atoms with Crippen molar-refractivity contribution >= 4 is 8.35 Å². The summed E-state index contributed by atoms with van der Waals surface area (Å²) in [5, 5.41) is 11.8. The monoisotopic (exact) mass is 114 g/mol. The fourth-order valence-electron chi connectivity index (χ4n) is 0.235. The lowest BCUT2D eigenvalue weighted by Crippen LogP contribution is -1.69. The molecule has 0 amide bonds. The average Bonchev–Trinajstić information content (AvgIpc) is 1.69. The maximum atomic E-state index is 8.47. The second kappa shape index (κ2) is 1.85. The first-order valence-electron chi connectivity index (χ1n) is 1.73. The molecule has 0 aromatic carbocycles. The molecule has 0 unspecified atom stereocenters. The zero-order valence-corrected chi connectivity index (χ0v) is 4.34. The third kappa shape index (κ3) is 1.09. The maximum absolute atomic E-state index is 8.47. The van der Waals surface area contributed by atoms with Gasteiger partial charge in [-0.2, -0.15) is 0 Å². The van der Waals surface area contributed by atoms with E-state index < -0.39 is 0 Å². The van der Waals surface area contributed by atoms with E-state index in [2.05, 4.69) is 9.96 Å². The highest BCUT2D eigenvalue weighted by molar-refractivity contribution is 7.24. The molecule has 1 aromatic rings. The van der Waals surface area contributed by atoms with E-state index in [0.717, 1.165) is 8.35 Å². The van der Waals surface area contributed by atoms with Gasteiger partial charge in [0.05, 0.1) is 8.35 Å². The second-order valence-electron chi connectivity index (χ2n) is 0.979. The summed E-state index contributed by atoms with van der Waals surface area (Å²) in [4.78, 5) is 3.48. The van der Waals surface area contributed by atoms with Crippen LogP contribution in [0, 0.1) is 0 Å². The van der Waals surface area contributed by atoms with E-state index in [-0.39, 0.29) is 5.88 Å². The van der Waals surface area contributed by atoms with Crippen molar-refractivity contribution in [2.24, 2.45) is 0 Å².